The van der Waals surface area contributed by atoms with Crippen molar-refractivity contribution in [2.75, 3.05) is 12.8 Å². The number of unbranched alkanes of at least 4 members (excludes halogenated alkanes) is 1. The van der Waals surface area contributed by atoms with E-state index in [9.17, 15) is 14.9 Å². The van der Waals surface area contributed by atoms with Gasteiger partial charge in [-0.15, -0.1) is 11.8 Å². The molecule has 1 atom stereocenters. The van der Waals surface area contributed by atoms with Crippen LogP contribution < -0.4 is 11.1 Å². The van der Waals surface area contributed by atoms with Crippen LogP contribution >= 0.6 is 11.8 Å². The number of hydrogen-bond donors (Lipinski definition) is 2. The highest BCUT2D eigenvalue weighted by Crippen LogP contribution is 2.23. The Morgan fingerprint density at radius 2 is 2.00 bits per heavy atom. The molecular formula is C14H21N3O3S. The molecule has 0 fully saturated rings. The second kappa shape index (κ2) is 7.99. The van der Waals surface area contributed by atoms with E-state index in [1.165, 1.54) is 12.1 Å². The SMILES string of the molecule is CNC(C)(CCCCSc1ccc([N+](=O)[O-])cc1)C(N)=O. The van der Waals surface area contributed by atoms with Gasteiger partial charge in [0.15, 0.2) is 0 Å². The van der Waals surface area contributed by atoms with Gasteiger partial charge in [0.25, 0.3) is 5.69 Å². The number of nitro groups is 1. The van der Waals surface area contributed by atoms with E-state index in [2.05, 4.69) is 5.32 Å². The number of non-ortho nitro benzene ring substituents is 1. The summed E-state index contributed by atoms with van der Waals surface area (Å²) in [5.41, 5.74) is 4.81. The number of nitro benzene ring substituents is 1. The third-order valence-electron chi connectivity index (χ3n) is 3.48. The summed E-state index contributed by atoms with van der Waals surface area (Å²) in [5.74, 6) is 0.559. The van der Waals surface area contributed by atoms with Crippen LogP contribution in [0.25, 0.3) is 0 Å². The molecule has 0 aliphatic rings. The lowest BCUT2D eigenvalue weighted by molar-refractivity contribution is -0.384. The Labute approximate surface area is 128 Å². The second-order valence-corrected chi connectivity index (χ2v) is 6.17. The molecule has 6 nitrogen and oxygen atoms in total. The summed E-state index contributed by atoms with van der Waals surface area (Å²) in [4.78, 5) is 22.5. The van der Waals surface area contributed by atoms with E-state index in [4.69, 9.17) is 5.73 Å². The zero-order valence-electron chi connectivity index (χ0n) is 12.3. The topological polar surface area (TPSA) is 98.3 Å². The molecule has 7 heteroatoms. The molecule has 0 aliphatic carbocycles. The summed E-state index contributed by atoms with van der Waals surface area (Å²) in [5, 5.41) is 13.5. The average molecular weight is 311 g/mol. The van der Waals surface area contributed by atoms with Crippen molar-refractivity contribution in [2.45, 2.75) is 36.6 Å². The molecule has 21 heavy (non-hydrogen) atoms. The maximum atomic E-state index is 11.3. The van der Waals surface area contributed by atoms with E-state index in [0.717, 1.165) is 23.5 Å². The fourth-order valence-corrected chi connectivity index (χ4v) is 2.72. The first-order valence-corrected chi connectivity index (χ1v) is 7.73. The molecule has 1 unspecified atom stereocenters. The minimum atomic E-state index is -0.655. The van der Waals surface area contributed by atoms with E-state index in [-0.39, 0.29) is 11.6 Å². The minimum absolute atomic E-state index is 0.102. The third kappa shape index (κ3) is 5.35. The van der Waals surface area contributed by atoms with Gasteiger partial charge in [-0.3, -0.25) is 14.9 Å². The lowest BCUT2D eigenvalue weighted by atomic mass is 9.94. The van der Waals surface area contributed by atoms with Crippen LogP contribution in [0.15, 0.2) is 29.2 Å². The maximum absolute atomic E-state index is 11.3. The number of carbonyl (C=O) groups is 1. The fourth-order valence-electron chi connectivity index (χ4n) is 1.81. The minimum Gasteiger partial charge on any atom is -0.368 e. The van der Waals surface area contributed by atoms with Gasteiger partial charge in [-0.05, 0) is 44.7 Å². The Balaban J connectivity index is 2.31. The van der Waals surface area contributed by atoms with Crippen molar-refractivity contribution in [3.8, 4) is 0 Å². The summed E-state index contributed by atoms with van der Waals surface area (Å²) >= 11 is 1.65. The van der Waals surface area contributed by atoms with Gasteiger partial charge in [-0.1, -0.05) is 6.42 Å². The Kier molecular flexibility index (Phi) is 6.64. The van der Waals surface area contributed by atoms with Crippen molar-refractivity contribution in [2.24, 2.45) is 5.73 Å². The molecule has 1 rings (SSSR count). The molecule has 1 aromatic carbocycles. The molecule has 0 heterocycles. The molecule has 0 spiro atoms. The Morgan fingerprint density at radius 1 is 1.38 bits per heavy atom. The average Bonchev–Trinajstić information content (AvgIpc) is 2.46. The largest absolute Gasteiger partial charge is 0.368 e. The molecule has 0 saturated carbocycles. The van der Waals surface area contributed by atoms with Gasteiger partial charge in [0.2, 0.25) is 5.91 Å². The lowest BCUT2D eigenvalue weighted by Gasteiger charge is -2.25. The van der Waals surface area contributed by atoms with E-state index < -0.39 is 10.5 Å². The Bertz CT molecular complexity index is 493. The van der Waals surface area contributed by atoms with Crippen LogP contribution in [0.1, 0.15) is 26.2 Å². The number of nitrogens with zero attached hydrogens (tertiary/aromatic N) is 1. The first kappa shape index (κ1) is 17.5. The zero-order chi connectivity index (χ0) is 15.9. The molecule has 0 bridgehead atoms. The summed E-state index contributed by atoms with van der Waals surface area (Å²) in [6, 6.07) is 6.52. The summed E-state index contributed by atoms with van der Waals surface area (Å²) in [7, 11) is 1.73. The van der Waals surface area contributed by atoms with Gasteiger partial charge in [-0.25, -0.2) is 0 Å². The van der Waals surface area contributed by atoms with Crippen molar-refractivity contribution in [3.05, 3.63) is 34.4 Å². The fraction of sp³-hybridized carbons (Fsp3) is 0.500. The molecule has 0 saturated heterocycles. The number of likely N-dealkylation sites (N-methyl/N-ethyl adjacent to an activating group) is 1. The Hall–Kier alpha value is -1.60. The molecule has 116 valence electrons. The molecular weight excluding hydrogens is 290 g/mol. The van der Waals surface area contributed by atoms with Gasteiger partial charge < -0.3 is 11.1 Å². The van der Waals surface area contributed by atoms with E-state index in [0.29, 0.717) is 6.42 Å². The predicted octanol–water partition coefficient (Wildman–Crippen LogP) is 2.32. The van der Waals surface area contributed by atoms with E-state index in [1.54, 1.807) is 37.9 Å². The molecule has 0 aromatic heterocycles. The first-order chi connectivity index (χ1) is 9.89. The van der Waals surface area contributed by atoms with Crippen molar-refractivity contribution >= 4 is 23.4 Å². The number of nitrogens with two attached hydrogens (primary N) is 1. The maximum Gasteiger partial charge on any atom is 0.269 e. The van der Waals surface area contributed by atoms with Gasteiger partial charge in [-0.2, -0.15) is 0 Å². The summed E-state index contributed by atoms with van der Waals surface area (Å²) in [6.45, 7) is 1.80. The number of benzene rings is 1. The van der Waals surface area contributed by atoms with Crippen LogP contribution in [0, 0.1) is 10.1 Å². The number of amides is 1. The number of primary amides is 1. The van der Waals surface area contributed by atoms with Gasteiger partial charge in [0, 0.05) is 17.0 Å². The lowest BCUT2D eigenvalue weighted by Crippen LogP contribution is -2.51. The summed E-state index contributed by atoms with van der Waals surface area (Å²) < 4.78 is 0. The quantitative estimate of drug-likeness (QED) is 0.315. The van der Waals surface area contributed by atoms with Crippen LogP contribution in [-0.2, 0) is 4.79 Å². The predicted molar refractivity (Wildman–Crippen MR) is 84.3 cm³/mol. The highest BCUT2D eigenvalue weighted by atomic mass is 32.2. The van der Waals surface area contributed by atoms with E-state index >= 15 is 0 Å². The first-order valence-electron chi connectivity index (χ1n) is 6.75. The zero-order valence-corrected chi connectivity index (χ0v) is 13.1. The molecule has 0 radical (unpaired) electrons. The standard InChI is InChI=1S/C14H21N3O3S/c1-14(16-2,13(15)18)9-3-4-10-21-12-7-5-11(6-8-12)17(19)20/h5-8,16H,3-4,9-10H2,1-2H3,(H2,15,18). The number of rotatable bonds is 9. The monoisotopic (exact) mass is 311 g/mol. The van der Waals surface area contributed by atoms with Gasteiger partial charge >= 0.3 is 0 Å². The highest BCUT2D eigenvalue weighted by Gasteiger charge is 2.27. The smallest absolute Gasteiger partial charge is 0.269 e. The van der Waals surface area contributed by atoms with Crippen LogP contribution in [0.2, 0.25) is 0 Å². The van der Waals surface area contributed by atoms with Gasteiger partial charge in [0.05, 0.1) is 10.5 Å². The number of carbonyl (C=O) groups excluding carboxylic acids is 1. The number of hydrogen-bond acceptors (Lipinski definition) is 5. The summed E-state index contributed by atoms with van der Waals surface area (Å²) in [6.07, 6.45) is 2.53. The van der Waals surface area contributed by atoms with Crippen molar-refractivity contribution in [3.63, 3.8) is 0 Å². The molecule has 1 aromatic rings. The highest BCUT2D eigenvalue weighted by molar-refractivity contribution is 7.99. The molecule has 3 N–H and O–H groups in total. The van der Waals surface area contributed by atoms with Crippen LogP contribution in [-0.4, -0.2) is 29.2 Å². The Morgan fingerprint density at radius 3 is 2.48 bits per heavy atom. The molecule has 1 amide bonds. The van der Waals surface area contributed by atoms with Crippen molar-refractivity contribution < 1.29 is 9.72 Å². The van der Waals surface area contributed by atoms with Crippen LogP contribution in [0.4, 0.5) is 5.69 Å². The third-order valence-corrected chi connectivity index (χ3v) is 4.58. The number of nitrogens with one attached hydrogen (secondary N) is 1. The molecule has 0 aliphatic heterocycles. The van der Waals surface area contributed by atoms with Crippen LogP contribution in [0.3, 0.4) is 0 Å². The van der Waals surface area contributed by atoms with Crippen LogP contribution in [0.5, 0.6) is 0 Å². The van der Waals surface area contributed by atoms with E-state index in [1.807, 2.05) is 0 Å². The van der Waals surface area contributed by atoms with Crippen molar-refractivity contribution in [1.29, 1.82) is 0 Å². The van der Waals surface area contributed by atoms with Gasteiger partial charge in [0.1, 0.15) is 0 Å². The normalized spacial score (nSPS) is 13.6. The van der Waals surface area contributed by atoms with Crippen molar-refractivity contribution in [1.82, 2.24) is 5.32 Å². The number of thioether (sulfide) groups is 1. The second-order valence-electron chi connectivity index (χ2n) is 5.00.